The summed E-state index contributed by atoms with van der Waals surface area (Å²) in [6.45, 7) is 4.62. The Kier molecular flexibility index (Phi) is 6.28. The lowest BCUT2D eigenvalue weighted by Crippen LogP contribution is -2.48. The van der Waals surface area contributed by atoms with Gasteiger partial charge in [0.1, 0.15) is 11.6 Å². The molecule has 1 heterocycles. The van der Waals surface area contributed by atoms with Gasteiger partial charge in [-0.3, -0.25) is 4.90 Å². The third-order valence-electron chi connectivity index (χ3n) is 5.57. The van der Waals surface area contributed by atoms with Crippen molar-refractivity contribution >= 4 is 28.9 Å². The minimum Gasteiger partial charge on any atom is -0.360 e. The highest BCUT2D eigenvalue weighted by Crippen LogP contribution is 2.34. The summed E-state index contributed by atoms with van der Waals surface area (Å²) in [4.78, 5) is 4.40. The topological polar surface area (TPSA) is 6.48 Å². The van der Waals surface area contributed by atoms with Gasteiger partial charge in [0, 0.05) is 36.2 Å². The Balaban J connectivity index is 1.62. The summed E-state index contributed by atoms with van der Waals surface area (Å²) < 4.78 is 28.3. The van der Waals surface area contributed by atoms with Gasteiger partial charge < -0.3 is 4.90 Å². The average molecular weight is 447 g/mol. The molecular weight excluding hydrogens is 425 g/mol. The summed E-state index contributed by atoms with van der Waals surface area (Å²) in [6, 6.07) is 17.7. The van der Waals surface area contributed by atoms with E-state index in [1.165, 1.54) is 12.1 Å². The number of piperazine rings is 1. The largest absolute Gasteiger partial charge is 0.360 e. The van der Waals surface area contributed by atoms with Crippen LogP contribution in [0.15, 0.2) is 60.7 Å². The molecule has 2 nitrogen and oxygen atoms in total. The molecule has 1 aliphatic rings. The van der Waals surface area contributed by atoms with Crippen molar-refractivity contribution in [3.8, 4) is 0 Å². The van der Waals surface area contributed by atoms with Crippen molar-refractivity contribution in [3.05, 3.63) is 99.0 Å². The summed E-state index contributed by atoms with van der Waals surface area (Å²) >= 11 is 12.0. The SMILES string of the molecule is Cc1cc(CN2CCN(c3ccc(Cl)cc3F)C(c3ccc(Cl)cc3)C2)ccc1F. The molecule has 0 amide bonds. The Morgan fingerprint density at radius 2 is 1.60 bits per heavy atom. The van der Waals surface area contributed by atoms with E-state index in [1.807, 2.05) is 36.4 Å². The molecule has 0 saturated carbocycles. The van der Waals surface area contributed by atoms with Gasteiger partial charge in [-0.15, -0.1) is 0 Å². The Hall–Kier alpha value is -2.14. The van der Waals surface area contributed by atoms with E-state index in [-0.39, 0.29) is 17.7 Å². The molecule has 0 aromatic heterocycles. The second kappa shape index (κ2) is 8.93. The molecule has 1 fully saturated rings. The first-order valence-corrected chi connectivity index (χ1v) is 10.6. The molecule has 1 unspecified atom stereocenters. The van der Waals surface area contributed by atoms with E-state index in [1.54, 1.807) is 19.1 Å². The summed E-state index contributed by atoms with van der Waals surface area (Å²) in [5.74, 6) is -0.523. The molecule has 0 radical (unpaired) electrons. The number of halogens is 4. The predicted molar refractivity (Wildman–Crippen MR) is 119 cm³/mol. The molecule has 0 aliphatic carbocycles. The number of benzene rings is 3. The summed E-state index contributed by atoms with van der Waals surface area (Å²) in [6.07, 6.45) is 0. The number of hydrogen-bond donors (Lipinski definition) is 0. The maximum atomic E-state index is 14.7. The number of nitrogens with zero attached hydrogens (tertiary/aromatic N) is 2. The van der Waals surface area contributed by atoms with Gasteiger partial charge in [-0.2, -0.15) is 0 Å². The normalized spacial score (nSPS) is 17.4. The molecule has 30 heavy (non-hydrogen) atoms. The van der Waals surface area contributed by atoms with Crippen LogP contribution in [0.1, 0.15) is 22.7 Å². The number of rotatable bonds is 4. The summed E-state index contributed by atoms with van der Waals surface area (Å²) in [5.41, 5.74) is 3.31. The first-order chi connectivity index (χ1) is 14.4. The Morgan fingerprint density at radius 3 is 2.30 bits per heavy atom. The molecule has 0 bridgehead atoms. The Morgan fingerprint density at radius 1 is 0.867 bits per heavy atom. The van der Waals surface area contributed by atoms with Gasteiger partial charge in [0.05, 0.1) is 11.7 Å². The molecule has 1 atom stereocenters. The highest BCUT2D eigenvalue weighted by atomic mass is 35.5. The van der Waals surface area contributed by atoms with Crippen LogP contribution in [0, 0.1) is 18.6 Å². The molecule has 4 rings (SSSR count). The predicted octanol–water partition coefficient (Wildman–Crippen LogP) is 6.64. The fourth-order valence-electron chi connectivity index (χ4n) is 4.02. The minimum atomic E-state index is -0.330. The van der Waals surface area contributed by atoms with Crippen molar-refractivity contribution in [1.29, 1.82) is 0 Å². The lowest BCUT2D eigenvalue weighted by molar-refractivity contribution is 0.215. The molecule has 0 N–H and O–H groups in total. The van der Waals surface area contributed by atoms with Crippen molar-refractivity contribution in [2.45, 2.75) is 19.5 Å². The summed E-state index contributed by atoms with van der Waals surface area (Å²) in [7, 11) is 0. The second-order valence-corrected chi connectivity index (χ2v) is 8.55. The molecule has 3 aromatic carbocycles. The van der Waals surface area contributed by atoms with Gasteiger partial charge in [0.2, 0.25) is 0 Å². The average Bonchev–Trinajstić information content (AvgIpc) is 2.72. The molecule has 6 heteroatoms. The van der Waals surface area contributed by atoms with Crippen LogP contribution >= 0.6 is 23.2 Å². The van der Waals surface area contributed by atoms with E-state index in [9.17, 15) is 8.78 Å². The summed E-state index contributed by atoms with van der Waals surface area (Å²) in [5, 5.41) is 1.04. The lowest BCUT2D eigenvalue weighted by atomic mass is 10.0. The number of aryl methyl sites for hydroxylation is 1. The van der Waals surface area contributed by atoms with Gasteiger partial charge in [0.25, 0.3) is 0 Å². The van der Waals surface area contributed by atoms with Crippen LogP contribution in [0.25, 0.3) is 0 Å². The van der Waals surface area contributed by atoms with Gasteiger partial charge in [-0.1, -0.05) is 47.5 Å². The van der Waals surface area contributed by atoms with E-state index in [2.05, 4.69) is 9.80 Å². The highest BCUT2D eigenvalue weighted by Gasteiger charge is 2.30. The maximum absolute atomic E-state index is 14.7. The van der Waals surface area contributed by atoms with Gasteiger partial charge in [-0.05, 0) is 60.0 Å². The van der Waals surface area contributed by atoms with E-state index in [0.717, 1.165) is 17.7 Å². The van der Waals surface area contributed by atoms with E-state index >= 15 is 0 Å². The lowest BCUT2D eigenvalue weighted by Gasteiger charge is -2.43. The molecule has 0 spiro atoms. The van der Waals surface area contributed by atoms with Crippen LogP contribution in [-0.2, 0) is 6.54 Å². The Bertz CT molecular complexity index is 1040. The van der Waals surface area contributed by atoms with Gasteiger partial charge in [0.15, 0.2) is 0 Å². The van der Waals surface area contributed by atoms with Crippen LogP contribution < -0.4 is 4.90 Å². The van der Waals surface area contributed by atoms with Crippen molar-refractivity contribution in [2.24, 2.45) is 0 Å². The third-order valence-corrected chi connectivity index (χ3v) is 6.05. The quantitative estimate of drug-likeness (QED) is 0.442. The van der Waals surface area contributed by atoms with Crippen molar-refractivity contribution in [1.82, 2.24) is 4.90 Å². The molecule has 156 valence electrons. The zero-order valence-electron chi connectivity index (χ0n) is 16.6. The van der Waals surface area contributed by atoms with E-state index in [0.29, 0.717) is 40.9 Å². The van der Waals surface area contributed by atoms with Crippen molar-refractivity contribution in [3.63, 3.8) is 0 Å². The smallest absolute Gasteiger partial charge is 0.147 e. The molecule has 3 aromatic rings. The third kappa shape index (κ3) is 4.61. The first-order valence-electron chi connectivity index (χ1n) is 9.85. The van der Waals surface area contributed by atoms with Gasteiger partial charge >= 0.3 is 0 Å². The van der Waals surface area contributed by atoms with Crippen LogP contribution in [0.5, 0.6) is 0 Å². The van der Waals surface area contributed by atoms with Crippen LogP contribution in [0.2, 0.25) is 10.0 Å². The fraction of sp³-hybridized carbons (Fsp3) is 0.250. The molecular formula is C24H22Cl2F2N2. The monoisotopic (exact) mass is 446 g/mol. The number of anilines is 1. The second-order valence-electron chi connectivity index (χ2n) is 7.68. The van der Waals surface area contributed by atoms with Gasteiger partial charge in [-0.25, -0.2) is 8.78 Å². The first kappa shape index (κ1) is 21.1. The highest BCUT2D eigenvalue weighted by molar-refractivity contribution is 6.30. The maximum Gasteiger partial charge on any atom is 0.147 e. The fourth-order valence-corrected chi connectivity index (χ4v) is 4.30. The van der Waals surface area contributed by atoms with Crippen molar-refractivity contribution < 1.29 is 8.78 Å². The van der Waals surface area contributed by atoms with E-state index < -0.39 is 0 Å². The standard InChI is InChI=1S/C24H22Cl2F2N2/c1-16-12-17(2-8-21(16)27)14-29-10-11-30(23-9-7-20(26)13-22(23)28)24(15-29)18-3-5-19(25)6-4-18/h2-9,12-13,24H,10-11,14-15H2,1H3. The van der Waals surface area contributed by atoms with Crippen molar-refractivity contribution in [2.75, 3.05) is 24.5 Å². The zero-order valence-corrected chi connectivity index (χ0v) is 18.1. The van der Waals surface area contributed by atoms with E-state index in [4.69, 9.17) is 23.2 Å². The Labute approximate surface area is 185 Å². The number of hydrogen-bond acceptors (Lipinski definition) is 2. The van der Waals surface area contributed by atoms with Crippen LogP contribution in [0.3, 0.4) is 0 Å². The van der Waals surface area contributed by atoms with Crippen LogP contribution in [0.4, 0.5) is 14.5 Å². The minimum absolute atomic E-state index is 0.0479. The molecule has 1 saturated heterocycles. The zero-order chi connectivity index (χ0) is 21.3. The molecule has 1 aliphatic heterocycles. The van der Waals surface area contributed by atoms with Crippen LogP contribution in [-0.4, -0.2) is 24.5 Å².